The Balaban J connectivity index is 2.70. The molecule has 0 unspecified atom stereocenters. The largest absolute Gasteiger partial charge is 0.446 e. The third-order valence-corrected chi connectivity index (χ3v) is 3.39. The number of nitrogens with one attached hydrogen (secondary N) is 2. The summed E-state index contributed by atoms with van der Waals surface area (Å²) in [6, 6.07) is 2.84. The van der Waals surface area contributed by atoms with Crippen LogP contribution in [0.5, 0.6) is 0 Å². The van der Waals surface area contributed by atoms with Crippen LogP contribution in [0.15, 0.2) is 26.8 Å². The van der Waals surface area contributed by atoms with Crippen LogP contribution in [0.25, 0.3) is 0 Å². The van der Waals surface area contributed by atoms with E-state index >= 15 is 0 Å². The first-order chi connectivity index (χ1) is 10.7. The second-order valence-electron chi connectivity index (χ2n) is 5.86. The van der Waals surface area contributed by atoms with E-state index in [1.54, 1.807) is 0 Å². The summed E-state index contributed by atoms with van der Waals surface area (Å²) >= 11 is 0. The Morgan fingerprint density at radius 3 is 1.52 bits per heavy atom. The molecule has 1 aromatic heterocycles. The SMILES string of the molecule is C/C(=N/NC(=O)c1ccc(C(=O)N/N=C(/C)C(C)C)o1)C(C)C. The molecule has 0 radical (unpaired) electrons. The van der Waals surface area contributed by atoms with Gasteiger partial charge >= 0.3 is 11.8 Å². The van der Waals surface area contributed by atoms with E-state index in [2.05, 4.69) is 21.1 Å². The van der Waals surface area contributed by atoms with Crippen LogP contribution in [-0.4, -0.2) is 23.2 Å². The quantitative estimate of drug-likeness (QED) is 0.623. The van der Waals surface area contributed by atoms with Crippen LogP contribution in [0.4, 0.5) is 0 Å². The highest BCUT2D eigenvalue weighted by Gasteiger charge is 2.15. The number of furan rings is 1. The van der Waals surface area contributed by atoms with E-state index in [-0.39, 0.29) is 23.4 Å². The Labute approximate surface area is 136 Å². The minimum atomic E-state index is -0.508. The average Bonchev–Trinajstić information content (AvgIpc) is 2.99. The zero-order valence-corrected chi connectivity index (χ0v) is 14.4. The maximum Gasteiger partial charge on any atom is 0.307 e. The van der Waals surface area contributed by atoms with Crippen LogP contribution in [0.2, 0.25) is 0 Å². The zero-order chi connectivity index (χ0) is 17.6. The molecule has 0 aromatic carbocycles. The summed E-state index contributed by atoms with van der Waals surface area (Å²) in [5.41, 5.74) is 6.37. The van der Waals surface area contributed by atoms with Crippen molar-refractivity contribution in [3.63, 3.8) is 0 Å². The molecule has 0 saturated heterocycles. The third-order valence-electron chi connectivity index (χ3n) is 3.39. The average molecular weight is 320 g/mol. The number of carbonyl (C=O) groups excluding carboxylic acids is 2. The molecule has 0 aliphatic carbocycles. The number of hydrogen-bond donors (Lipinski definition) is 2. The molecule has 0 fully saturated rings. The van der Waals surface area contributed by atoms with E-state index in [0.717, 1.165) is 11.4 Å². The van der Waals surface area contributed by atoms with Gasteiger partial charge in [-0.05, 0) is 37.8 Å². The molecule has 0 bridgehead atoms. The molecule has 1 heterocycles. The van der Waals surface area contributed by atoms with E-state index in [4.69, 9.17) is 4.42 Å². The Morgan fingerprint density at radius 1 is 0.870 bits per heavy atom. The van der Waals surface area contributed by atoms with Crippen LogP contribution < -0.4 is 10.9 Å². The van der Waals surface area contributed by atoms with Crippen molar-refractivity contribution in [2.75, 3.05) is 0 Å². The van der Waals surface area contributed by atoms with Crippen LogP contribution in [0, 0.1) is 11.8 Å². The molecular weight excluding hydrogens is 296 g/mol. The monoisotopic (exact) mass is 320 g/mol. The fourth-order valence-electron chi connectivity index (χ4n) is 1.23. The summed E-state index contributed by atoms with van der Waals surface area (Å²) in [6.45, 7) is 11.5. The second kappa shape index (κ2) is 8.26. The highest BCUT2D eigenvalue weighted by Crippen LogP contribution is 2.08. The van der Waals surface area contributed by atoms with Crippen molar-refractivity contribution in [2.45, 2.75) is 41.5 Å². The normalized spacial score (nSPS) is 12.7. The molecule has 7 heteroatoms. The molecule has 0 aliphatic rings. The van der Waals surface area contributed by atoms with E-state index in [0.29, 0.717) is 0 Å². The van der Waals surface area contributed by atoms with E-state index < -0.39 is 11.8 Å². The molecule has 2 amide bonds. The zero-order valence-electron chi connectivity index (χ0n) is 14.4. The number of carbonyl (C=O) groups is 2. The Kier molecular flexibility index (Phi) is 6.68. The molecule has 1 aromatic rings. The lowest BCUT2D eigenvalue weighted by molar-refractivity contribution is 0.0902. The van der Waals surface area contributed by atoms with Gasteiger partial charge in [-0.2, -0.15) is 10.2 Å². The first-order valence-electron chi connectivity index (χ1n) is 7.51. The Hall–Kier alpha value is -2.44. The smallest absolute Gasteiger partial charge is 0.307 e. The fraction of sp³-hybridized carbons (Fsp3) is 0.500. The van der Waals surface area contributed by atoms with Crippen LogP contribution in [0.3, 0.4) is 0 Å². The predicted molar refractivity (Wildman–Crippen MR) is 89.5 cm³/mol. The lowest BCUT2D eigenvalue weighted by Crippen LogP contribution is -2.21. The van der Waals surface area contributed by atoms with Crippen molar-refractivity contribution < 1.29 is 14.0 Å². The molecule has 1 rings (SSSR count). The van der Waals surface area contributed by atoms with Gasteiger partial charge in [0.2, 0.25) is 0 Å². The number of hydrogen-bond acceptors (Lipinski definition) is 5. The van der Waals surface area contributed by atoms with E-state index in [1.165, 1.54) is 12.1 Å². The van der Waals surface area contributed by atoms with Crippen LogP contribution in [-0.2, 0) is 0 Å². The van der Waals surface area contributed by atoms with Crippen LogP contribution in [0.1, 0.15) is 62.7 Å². The fourth-order valence-corrected chi connectivity index (χ4v) is 1.23. The van der Waals surface area contributed by atoms with Gasteiger partial charge in [-0.15, -0.1) is 0 Å². The number of hydrazone groups is 2. The summed E-state index contributed by atoms with van der Waals surface area (Å²) in [6.07, 6.45) is 0. The lowest BCUT2D eigenvalue weighted by Gasteiger charge is -2.04. The van der Waals surface area contributed by atoms with Gasteiger partial charge in [0, 0.05) is 11.4 Å². The first-order valence-corrected chi connectivity index (χ1v) is 7.51. The van der Waals surface area contributed by atoms with Gasteiger partial charge in [0.1, 0.15) is 0 Å². The van der Waals surface area contributed by atoms with Crippen molar-refractivity contribution in [1.82, 2.24) is 10.9 Å². The molecule has 0 aliphatic heterocycles. The van der Waals surface area contributed by atoms with Gasteiger partial charge in [0.15, 0.2) is 11.5 Å². The summed E-state index contributed by atoms with van der Waals surface area (Å²) in [5, 5.41) is 7.94. The molecule has 2 N–H and O–H groups in total. The van der Waals surface area contributed by atoms with Gasteiger partial charge in [0.25, 0.3) is 0 Å². The topological polar surface area (TPSA) is 96.1 Å². The lowest BCUT2D eigenvalue weighted by atomic mass is 10.1. The van der Waals surface area contributed by atoms with Crippen molar-refractivity contribution in [1.29, 1.82) is 0 Å². The molecule has 126 valence electrons. The van der Waals surface area contributed by atoms with Gasteiger partial charge in [-0.1, -0.05) is 27.7 Å². The first kappa shape index (κ1) is 18.6. The highest BCUT2D eigenvalue weighted by atomic mass is 16.4. The van der Waals surface area contributed by atoms with Crippen molar-refractivity contribution in [2.24, 2.45) is 22.0 Å². The number of rotatable bonds is 6. The summed E-state index contributed by atoms with van der Waals surface area (Å²) in [7, 11) is 0. The van der Waals surface area contributed by atoms with Crippen molar-refractivity contribution >= 4 is 23.2 Å². The summed E-state index contributed by atoms with van der Waals surface area (Å²) < 4.78 is 5.23. The van der Waals surface area contributed by atoms with Crippen molar-refractivity contribution in [3.05, 3.63) is 23.7 Å². The Bertz CT molecular complexity index is 575. The Morgan fingerprint density at radius 2 is 1.22 bits per heavy atom. The van der Waals surface area contributed by atoms with Crippen LogP contribution >= 0.6 is 0 Å². The maximum absolute atomic E-state index is 11.9. The van der Waals surface area contributed by atoms with E-state index in [9.17, 15) is 9.59 Å². The number of nitrogens with zero attached hydrogens (tertiary/aromatic N) is 2. The highest BCUT2D eigenvalue weighted by molar-refractivity contribution is 5.96. The molecule has 7 nitrogen and oxygen atoms in total. The molecular formula is C16H24N4O3. The second-order valence-corrected chi connectivity index (χ2v) is 5.86. The summed E-state index contributed by atoms with van der Waals surface area (Å²) in [4.78, 5) is 23.8. The molecule has 0 saturated carbocycles. The molecule has 0 atom stereocenters. The molecule has 0 spiro atoms. The minimum absolute atomic E-state index is 0.0139. The summed E-state index contributed by atoms with van der Waals surface area (Å²) in [5.74, 6) is -0.526. The third kappa shape index (κ3) is 5.69. The van der Waals surface area contributed by atoms with Gasteiger partial charge in [-0.3, -0.25) is 9.59 Å². The van der Waals surface area contributed by atoms with E-state index in [1.807, 2.05) is 41.5 Å². The minimum Gasteiger partial charge on any atom is -0.446 e. The van der Waals surface area contributed by atoms with Crippen molar-refractivity contribution in [3.8, 4) is 0 Å². The number of amides is 2. The van der Waals surface area contributed by atoms with Gasteiger partial charge < -0.3 is 4.42 Å². The maximum atomic E-state index is 11.9. The standard InChI is InChI=1S/C16H24N4O3/c1-9(2)11(5)17-19-15(21)13-7-8-14(23-13)16(22)20-18-12(6)10(3)4/h7-10H,1-6H3,(H,19,21)(H,20,22)/b17-11-,18-12-. The predicted octanol–water partition coefficient (Wildman–Crippen LogP) is 2.80. The van der Waals surface area contributed by atoms with Gasteiger partial charge in [-0.25, -0.2) is 10.9 Å². The molecule has 23 heavy (non-hydrogen) atoms. The van der Waals surface area contributed by atoms with Gasteiger partial charge in [0.05, 0.1) is 0 Å².